The predicted molar refractivity (Wildman–Crippen MR) is 103 cm³/mol. The van der Waals surface area contributed by atoms with Gasteiger partial charge in [0.15, 0.2) is 6.54 Å². The molecule has 0 saturated heterocycles. The van der Waals surface area contributed by atoms with E-state index in [-0.39, 0.29) is 36.0 Å². The van der Waals surface area contributed by atoms with E-state index in [1.54, 1.807) is 38.4 Å². The van der Waals surface area contributed by atoms with E-state index in [2.05, 4.69) is 5.32 Å². The van der Waals surface area contributed by atoms with Crippen LogP contribution >= 0.6 is 0 Å². The fraction of sp³-hybridized carbons (Fsp3) is 0.400. The third-order valence-electron chi connectivity index (χ3n) is 4.51. The van der Waals surface area contributed by atoms with E-state index in [9.17, 15) is 22.8 Å². The van der Waals surface area contributed by atoms with Crippen LogP contribution in [0, 0.1) is 13.8 Å². The molecule has 0 fully saturated rings. The van der Waals surface area contributed by atoms with Gasteiger partial charge >= 0.3 is 6.18 Å². The van der Waals surface area contributed by atoms with Crippen LogP contribution in [0.15, 0.2) is 30.3 Å². The summed E-state index contributed by atoms with van der Waals surface area (Å²) in [7, 11) is 3.23. The van der Waals surface area contributed by atoms with Crippen LogP contribution in [0.2, 0.25) is 0 Å². The Morgan fingerprint density at radius 1 is 1.14 bits per heavy atom. The number of amides is 1. The van der Waals surface area contributed by atoms with Crippen molar-refractivity contribution < 1.29 is 32.4 Å². The van der Waals surface area contributed by atoms with Crippen LogP contribution in [-0.2, 0) is 11.3 Å². The zero-order chi connectivity index (χ0) is 21.8. The number of benzene rings is 1. The van der Waals surface area contributed by atoms with E-state index < -0.39 is 12.7 Å². The summed E-state index contributed by atoms with van der Waals surface area (Å²) in [6.07, 6.45) is -4.36. The van der Waals surface area contributed by atoms with E-state index in [1.165, 1.54) is 19.9 Å². The Morgan fingerprint density at radius 3 is 2.31 bits per heavy atom. The van der Waals surface area contributed by atoms with Crippen molar-refractivity contribution in [2.24, 2.45) is 0 Å². The zero-order valence-corrected chi connectivity index (χ0v) is 16.8. The Bertz CT molecular complexity index is 874. The molecule has 1 atom stereocenters. The lowest BCUT2D eigenvalue weighted by molar-refractivity contribution is -0.861. The number of carbonyl (C=O) groups is 2. The normalized spacial score (nSPS) is 12.5. The molecule has 0 radical (unpaired) electrons. The Morgan fingerprint density at radius 2 is 1.76 bits per heavy atom. The zero-order valence-electron chi connectivity index (χ0n) is 16.8. The molecule has 29 heavy (non-hydrogen) atoms. The number of halogens is 3. The average Bonchev–Trinajstić information content (AvgIpc) is 2.89. The van der Waals surface area contributed by atoms with E-state index >= 15 is 0 Å². The van der Waals surface area contributed by atoms with Crippen molar-refractivity contribution in [1.82, 2.24) is 4.57 Å². The molecule has 1 unspecified atom stereocenters. The Kier molecular flexibility index (Phi) is 7.07. The SMILES string of the molecule is COc1ccc(NC(=O)C[NH+](C)CC(=O)c2cc(C)n(CC(F)(F)F)c2C)cc1. The van der Waals surface area contributed by atoms with Crippen molar-refractivity contribution in [3.05, 3.63) is 47.3 Å². The molecule has 6 nitrogen and oxygen atoms in total. The number of hydrogen-bond acceptors (Lipinski definition) is 3. The van der Waals surface area contributed by atoms with E-state index in [4.69, 9.17) is 4.74 Å². The van der Waals surface area contributed by atoms with Gasteiger partial charge in [-0.3, -0.25) is 9.59 Å². The number of aromatic nitrogens is 1. The largest absolute Gasteiger partial charge is 0.497 e. The first-order valence-electron chi connectivity index (χ1n) is 9.02. The van der Waals surface area contributed by atoms with Gasteiger partial charge in [-0.05, 0) is 44.2 Å². The molecule has 0 bridgehead atoms. The van der Waals surface area contributed by atoms with Crippen molar-refractivity contribution in [3.63, 3.8) is 0 Å². The van der Waals surface area contributed by atoms with Gasteiger partial charge in [-0.1, -0.05) is 0 Å². The third-order valence-corrected chi connectivity index (χ3v) is 4.51. The fourth-order valence-electron chi connectivity index (χ4n) is 3.09. The number of ether oxygens (including phenoxy) is 1. The highest BCUT2D eigenvalue weighted by molar-refractivity contribution is 5.98. The first kappa shape index (κ1) is 22.5. The number of rotatable bonds is 8. The molecular weight excluding hydrogens is 387 g/mol. The van der Waals surface area contributed by atoms with Gasteiger partial charge in [0, 0.05) is 22.6 Å². The lowest BCUT2D eigenvalue weighted by Gasteiger charge is -2.14. The summed E-state index contributed by atoms with van der Waals surface area (Å²) in [5, 5.41) is 2.73. The molecule has 1 amide bonds. The summed E-state index contributed by atoms with van der Waals surface area (Å²) >= 11 is 0. The van der Waals surface area contributed by atoms with Gasteiger partial charge in [0.25, 0.3) is 5.91 Å². The Hall–Kier alpha value is -2.81. The summed E-state index contributed by atoms with van der Waals surface area (Å²) in [4.78, 5) is 25.4. The van der Waals surface area contributed by atoms with Crippen molar-refractivity contribution >= 4 is 17.4 Å². The number of nitrogens with zero attached hydrogens (tertiary/aromatic N) is 1. The summed E-state index contributed by atoms with van der Waals surface area (Å²) in [6.45, 7) is 1.93. The number of hydrogen-bond donors (Lipinski definition) is 2. The maximum Gasteiger partial charge on any atom is 0.406 e. The van der Waals surface area contributed by atoms with Gasteiger partial charge in [-0.15, -0.1) is 0 Å². The van der Waals surface area contributed by atoms with Gasteiger partial charge in [0.2, 0.25) is 5.78 Å². The summed E-state index contributed by atoms with van der Waals surface area (Å²) in [6, 6.07) is 8.30. The summed E-state index contributed by atoms with van der Waals surface area (Å²) in [5.74, 6) is 0.0868. The minimum atomic E-state index is -4.36. The quantitative estimate of drug-likeness (QED) is 0.652. The monoisotopic (exact) mass is 412 g/mol. The molecule has 0 spiro atoms. The lowest BCUT2D eigenvalue weighted by atomic mass is 10.1. The second kappa shape index (κ2) is 9.13. The van der Waals surface area contributed by atoms with Crippen molar-refractivity contribution in [1.29, 1.82) is 0 Å². The molecule has 0 saturated carbocycles. The maximum absolute atomic E-state index is 12.7. The number of methoxy groups -OCH3 is 1. The molecule has 0 aliphatic heterocycles. The molecule has 1 heterocycles. The van der Waals surface area contributed by atoms with Crippen LogP contribution in [0.3, 0.4) is 0 Å². The third kappa shape index (κ3) is 6.35. The standard InChI is InChI=1S/C20H24F3N3O3/c1-13-9-17(14(2)26(13)12-20(21,22)23)18(27)10-25(3)11-19(28)24-15-5-7-16(29-4)8-6-15/h5-9H,10-12H2,1-4H3,(H,24,28)/p+1. The number of ketones is 1. The first-order chi connectivity index (χ1) is 13.5. The number of aryl methyl sites for hydroxylation is 1. The van der Waals surface area contributed by atoms with Crippen LogP contribution in [0.25, 0.3) is 0 Å². The highest BCUT2D eigenvalue weighted by atomic mass is 19.4. The molecule has 9 heteroatoms. The minimum Gasteiger partial charge on any atom is -0.497 e. The topological polar surface area (TPSA) is 64.8 Å². The number of Topliss-reactive ketones (excluding diaryl/α,β-unsaturated/α-hetero) is 1. The van der Waals surface area contributed by atoms with Crippen LogP contribution in [0.1, 0.15) is 21.7 Å². The molecule has 158 valence electrons. The number of nitrogens with one attached hydrogen (secondary N) is 2. The Balaban J connectivity index is 1.96. The predicted octanol–water partition coefficient (Wildman–Crippen LogP) is 2.01. The minimum absolute atomic E-state index is 0.00760. The average molecular weight is 412 g/mol. The van der Waals surface area contributed by atoms with Gasteiger partial charge in [-0.25, -0.2) is 0 Å². The molecular formula is C20H25F3N3O3+. The second-order valence-electron chi connectivity index (χ2n) is 7.00. The number of anilines is 1. The molecule has 0 aliphatic rings. The second-order valence-corrected chi connectivity index (χ2v) is 7.00. The number of alkyl halides is 3. The van der Waals surface area contributed by atoms with E-state index in [0.29, 0.717) is 22.0 Å². The van der Waals surface area contributed by atoms with Gasteiger partial charge in [0.1, 0.15) is 18.8 Å². The van der Waals surface area contributed by atoms with Gasteiger partial charge in [0.05, 0.1) is 14.2 Å². The highest BCUT2D eigenvalue weighted by Gasteiger charge is 2.30. The van der Waals surface area contributed by atoms with E-state index in [1.807, 2.05) is 0 Å². The summed E-state index contributed by atoms with van der Waals surface area (Å²) in [5.41, 5.74) is 1.51. The van der Waals surface area contributed by atoms with Crippen LogP contribution in [0.4, 0.5) is 18.9 Å². The number of likely N-dealkylation sites (N-methyl/N-ethyl adjacent to an activating group) is 1. The number of carbonyl (C=O) groups excluding carboxylic acids is 2. The van der Waals surface area contributed by atoms with Crippen LogP contribution < -0.4 is 15.0 Å². The van der Waals surface area contributed by atoms with Gasteiger partial charge < -0.3 is 19.5 Å². The molecule has 1 aromatic carbocycles. The van der Waals surface area contributed by atoms with Crippen molar-refractivity contribution in [3.8, 4) is 5.75 Å². The highest BCUT2D eigenvalue weighted by Crippen LogP contribution is 2.23. The maximum atomic E-state index is 12.7. The van der Waals surface area contributed by atoms with Gasteiger partial charge in [-0.2, -0.15) is 13.2 Å². The molecule has 2 aromatic rings. The van der Waals surface area contributed by atoms with Crippen molar-refractivity contribution in [2.45, 2.75) is 26.6 Å². The molecule has 1 aromatic heterocycles. The molecule has 2 N–H and O–H groups in total. The van der Waals surface area contributed by atoms with E-state index in [0.717, 1.165) is 4.57 Å². The molecule has 2 rings (SSSR count). The van der Waals surface area contributed by atoms with Crippen molar-refractivity contribution in [2.75, 3.05) is 32.6 Å². The Labute approximate surface area is 167 Å². The van der Waals surface area contributed by atoms with Crippen LogP contribution in [-0.4, -0.2) is 49.7 Å². The fourth-order valence-corrected chi connectivity index (χ4v) is 3.09. The smallest absolute Gasteiger partial charge is 0.406 e. The first-order valence-corrected chi connectivity index (χ1v) is 9.02. The van der Waals surface area contributed by atoms with Crippen LogP contribution in [0.5, 0.6) is 5.75 Å². The molecule has 0 aliphatic carbocycles. The number of quaternary nitrogens is 1. The lowest BCUT2D eigenvalue weighted by Crippen LogP contribution is -3.11. The summed E-state index contributed by atoms with van der Waals surface area (Å²) < 4.78 is 44.3.